The molecule has 0 aliphatic heterocycles. The number of carboxylic acids is 2. The van der Waals surface area contributed by atoms with E-state index in [1.54, 1.807) is 24.3 Å². The average Bonchev–Trinajstić information content (AvgIpc) is 3.10. The molecule has 8 aromatic rings. The van der Waals surface area contributed by atoms with Crippen LogP contribution in [0.3, 0.4) is 0 Å². The van der Waals surface area contributed by atoms with Crippen LogP contribution in [0.2, 0.25) is 0 Å². The van der Waals surface area contributed by atoms with Gasteiger partial charge in [0, 0.05) is 32.7 Å². The van der Waals surface area contributed by atoms with Gasteiger partial charge in [0.2, 0.25) is 0 Å². The molecule has 228 valence electrons. The third kappa shape index (κ3) is 7.85. The van der Waals surface area contributed by atoms with Gasteiger partial charge < -0.3 is 25.3 Å². The first-order chi connectivity index (χ1) is 22.4. The van der Waals surface area contributed by atoms with Gasteiger partial charge >= 0.3 is 59.1 Å². The third-order valence-corrected chi connectivity index (χ3v) is 7.57. The van der Waals surface area contributed by atoms with Crippen molar-refractivity contribution in [1.29, 1.82) is 0 Å². The zero-order chi connectivity index (χ0) is 31.6. The monoisotopic (exact) mass is 662 g/mol. The molecule has 8 rings (SSSR count). The Hall–Kier alpha value is -4.58. The van der Waals surface area contributed by atoms with Crippen LogP contribution in [0, 0.1) is 0 Å². The molecule has 0 bridgehead atoms. The van der Waals surface area contributed by atoms with Gasteiger partial charge in [0.15, 0.2) is 0 Å². The second-order valence-corrected chi connectivity index (χ2v) is 10.5. The summed E-state index contributed by atoms with van der Waals surface area (Å²) in [6.45, 7) is 0. The SMILES string of the molecule is O.O=C([O-])c1cc2ccccc2nc1-c1ccc2ccccc2n1.O=C([O-])c1cc2ccccc2nc1-c1ccc2ccccc2n1.[Na+].[Na+]. The molecule has 11 heteroatoms. The number of rotatable bonds is 4. The van der Waals surface area contributed by atoms with E-state index < -0.39 is 11.9 Å². The predicted octanol–water partition coefficient (Wildman–Crippen LogP) is -1.19. The van der Waals surface area contributed by atoms with E-state index in [2.05, 4.69) is 19.9 Å². The number of aromatic carboxylic acids is 2. The van der Waals surface area contributed by atoms with Crippen LogP contribution in [0.1, 0.15) is 20.7 Å². The molecule has 0 spiro atoms. The second-order valence-electron chi connectivity index (χ2n) is 10.5. The van der Waals surface area contributed by atoms with E-state index in [1.807, 2.05) is 109 Å². The molecule has 0 radical (unpaired) electrons. The summed E-state index contributed by atoms with van der Waals surface area (Å²) in [7, 11) is 0. The summed E-state index contributed by atoms with van der Waals surface area (Å²) in [4.78, 5) is 41.1. The minimum Gasteiger partial charge on any atom is -0.545 e. The van der Waals surface area contributed by atoms with Crippen LogP contribution in [0.25, 0.3) is 66.4 Å². The van der Waals surface area contributed by atoms with Crippen molar-refractivity contribution in [2.45, 2.75) is 0 Å². The van der Waals surface area contributed by atoms with Crippen molar-refractivity contribution in [3.05, 3.63) is 145 Å². The number of carbonyl (C=O) groups excluding carboxylic acids is 2. The number of pyridine rings is 4. The largest absolute Gasteiger partial charge is 1.00 e. The maximum atomic E-state index is 11.5. The quantitative estimate of drug-likeness (QED) is 0.213. The van der Waals surface area contributed by atoms with Crippen molar-refractivity contribution in [3.8, 4) is 22.8 Å². The second kappa shape index (κ2) is 16.2. The van der Waals surface area contributed by atoms with Crippen molar-refractivity contribution >= 4 is 55.6 Å². The fraction of sp³-hybridized carbons (Fsp3) is 0. The van der Waals surface area contributed by atoms with Gasteiger partial charge in [0.25, 0.3) is 0 Å². The molecule has 0 saturated heterocycles. The van der Waals surface area contributed by atoms with Crippen molar-refractivity contribution < 1.29 is 84.4 Å². The molecule has 49 heavy (non-hydrogen) atoms. The summed E-state index contributed by atoms with van der Waals surface area (Å²) in [6, 6.07) is 40.7. The Kier molecular flexibility index (Phi) is 12.3. The van der Waals surface area contributed by atoms with Crippen LogP contribution in [-0.4, -0.2) is 37.4 Å². The van der Waals surface area contributed by atoms with Gasteiger partial charge in [-0.3, -0.25) is 0 Å². The van der Waals surface area contributed by atoms with Crippen LogP contribution in [0.15, 0.2) is 133 Å². The molecule has 0 fully saturated rings. The maximum Gasteiger partial charge on any atom is 1.00 e. The van der Waals surface area contributed by atoms with Gasteiger partial charge in [0.05, 0.1) is 56.8 Å². The van der Waals surface area contributed by atoms with Crippen LogP contribution in [0.4, 0.5) is 0 Å². The molecule has 2 N–H and O–H groups in total. The van der Waals surface area contributed by atoms with Crippen LogP contribution >= 0.6 is 0 Å². The summed E-state index contributed by atoms with van der Waals surface area (Å²) >= 11 is 0. The fourth-order valence-corrected chi connectivity index (χ4v) is 5.33. The molecule has 0 atom stereocenters. The number of carbonyl (C=O) groups is 2. The van der Waals surface area contributed by atoms with E-state index in [9.17, 15) is 19.8 Å². The number of para-hydroxylation sites is 4. The topological polar surface area (TPSA) is 163 Å². The minimum absolute atomic E-state index is 0. The zero-order valence-corrected chi connectivity index (χ0v) is 30.6. The van der Waals surface area contributed by atoms with Gasteiger partial charge in [-0.25, -0.2) is 19.9 Å². The average molecular weight is 663 g/mol. The molecule has 4 aromatic carbocycles. The number of aromatic nitrogens is 4. The molecular weight excluding hydrogens is 638 g/mol. The Bertz CT molecular complexity index is 2300. The Morgan fingerprint density at radius 2 is 0.714 bits per heavy atom. The minimum atomic E-state index is -1.26. The Morgan fingerprint density at radius 3 is 1.06 bits per heavy atom. The Balaban J connectivity index is 0.000000208. The molecule has 0 amide bonds. The van der Waals surface area contributed by atoms with Crippen molar-refractivity contribution in [2.24, 2.45) is 0 Å². The number of fused-ring (bicyclic) bond motifs is 4. The van der Waals surface area contributed by atoms with Crippen LogP contribution in [0.5, 0.6) is 0 Å². The van der Waals surface area contributed by atoms with E-state index in [0.717, 1.165) is 43.6 Å². The predicted molar refractivity (Wildman–Crippen MR) is 177 cm³/mol. The number of nitrogens with zero attached hydrogens (tertiary/aromatic N) is 4. The summed E-state index contributed by atoms with van der Waals surface area (Å²) in [5.74, 6) is -2.51. The molecule has 0 unspecified atom stereocenters. The standard InChI is InChI=1S/2C19H12N2O2.2Na.H2O/c2*22-19(23)14-11-13-6-2-4-8-16(13)21-18(14)17-10-9-12-5-1-3-7-15(12)20-17;;;/h2*1-11H,(H,22,23);;;1H2/q;;2*+1;/p-2. The van der Waals surface area contributed by atoms with Crippen molar-refractivity contribution in [1.82, 2.24) is 19.9 Å². The molecule has 0 aliphatic carbocycles. The summed E-state index contributed by atoms with van der Waals surface area (Å²) < 4.78 is 0. The number of hydrogen-bond acceptors (Lipinski definition) is 8. The number of carboxylic acid groups (broad SMARTS) is 2. The van der Waals surface area contributed by atoms with Gasteiger partial charge in [0.1, 0.15) is 0 Å². The van der Waals surface area contributed by atoms with Gasteiger partial charge in [-0.05, 0) is 48.5 Å². The van der Waals surface area contributed by atoms with E-state index in [1.165, 1.54) is 0 Å². The first-order valence-electron chi connectivity index (χ1n) is 14.4. The van der Waals surface area contributed by atoms with Crippen LogP contribution in [-0.2, 0) is 0 Å². The maximum absolute atomic E-state index is 11.5. The first-order valence-corrected chi connectivity index (χ1v) is 14.4. The smallest absolute Gasteiger partial charge is 0.545 e. The van der Waals surface area contributed by atoms with E-state index in [0.29, 0.717) is 22.8 Å². The van der Waals surface area contributed by atoms with E-state index in [-0.39, 0.29) is 75.7 Å². The number of benzene rings is 4. The third-order valence-electron chi connectivity index (χ3n) is 7.57. The van der Waals surface area contributed by atoms with E-state index >= 15 is 0 Å². The zero-order valence-electron chi connectivity index (χ0n) is 26.6. The molecule has 0 saturated carbocycles. The summed E-state index contributed by atoms with van der Waals surface area (Å²) in [5, 5.41) is 26.6. The fourth-order valence-electron chi connectivity index (χ4n) is 5.33. The van der Waals surface area contributed by atoms with Crippen LogP contribution < -0.4 is 69.3 Å². The van der Waals surface area contributed by atoms with Crippen molar-refractivity contribution in [3.63, 3.8) is 0 Å². The first kappa shape index (κ1) is 37.2. The molecular formula is C38H24N4Na2O5. The molecule has 4 aromatic heterocycles. The normalized spacial score (nSPS) is 10.3. The van der Waals surface area contributed by atoms with Gasteiger partial charge in [-0.2, -0.15) is 0 Å². The number of hydrogen-bond donors (Lipinski definition) is 0. The summed E-state index contributed by atoms with van der Waals surface area (Å²) in [6.07, 6.45) is 0. The molecule has 4 heterocycles. The van der Waals surface area contributed by atoms with Crippen molar-refractivity contribution in [2.75, 3.05) is 0 Å². The summed E-state index contributed by atoms with van der Waals surface area (Å²) in [5.41, 5.74) is 4.84. The molecule has 0 aliphatic rings. The van der Waals surface area contributed by atoms with Gasteiger partial charge in [-0.1, -0.05) is 84.9 Å². The van der Waals surface area contributed by atoms with E-state index in [4.69, 9.17) is 0 Å². The molecule has 9 nitrogen and oxygen atoms in total. The Morgan fingerprint density at radius 1 is 0.408 bits per heavy atom. The van der Waals surface area contributed by atoms with Gasteiger partial charge in [-0.15, -0.1) is 0 Å². The Labute approximate surface area is 324 Å².